The van der Waals surface area contributed by atoms with Crippen LogP contribution in [0.5, 0.6) is 0 Å². The van der Waals surface area contributed by atoms with Crippen LogP contribution in [0.1, 0.15) is 10.4 Å². The molecule has 3 nitrogen and oxygen atoms in total. The second kappa shape index (κ2) is 5.54. The number of ketones is 1. The minimum absolute atomic E-state index is 0.0157. The number of carbonyl (C=O) groups is 1. The second-order valence-electron chi connectivity index (χ2n) is 4.75. The summed E-state index contributed by atoms with van der Waals surface area (Å²) < 4.78 is 1.49. The Labute approximate surface area is 126 Å². The molecule has 104 valence electrons. The highest BCUT2D eigenvalue weighted by Crippen LogP contribution is 2.13. The third-order valence-electron chi connectivity index (χ3n) is 3.37. The lowest BCUT2D eigenvalue weighted by Crippen LogP contribution is -2.23. The normalized spacial score (nSPS) is 10.7. The molecule has 0 aliphatic carbocycles. The number of pyridine rings is 1. The highest BCUT2D eigenvalue weighted by atomic mass is 35.5. The number of carbonyl (C=O) groups excluding carboxylic acids is 1. The molecule has 3 rings (SSSR count). The molecule has 0 bridgehead atoms. The maximum absolute atomic E-state index is 12.3. The smallest absolute Gasteiger partial charge is 0.251 e. The Morgan fingerprint density at radius 2 is 1.67 bits per heavy atom. The Bertz CT molecular complexity index is 866. The van der Waals surface area contributed by atoms with E-state index in [0.29, 0.717) is 10.6 Å². The quantitative estimate of drug-likeness (QED) is 0.694. The van der Waals surface area contributed by atoms with Crippen LogP contribution in [0.2, 0.25) is 5.02 Å². The first kappa shape index (κ1) is 13.6. The third kappa shape index (κ3) is 2.73. The summed E-state index contributed by atoms with van der Waals surface area (Å²) in [7, 11) is 0. The van der Waals surface area contributed by atoms with E-state index < -0.39 is 0 Å². The monoisotopic (exact) mass is 297 g/mol. The lowest BCUT2D eigenvalue weighted by molar-refractivity contribution is 0.0972. The number of nitrogens with zero attached hydrogens (tertiary/aromatic N) is 1. The van der Waals surface area contributed by atoms with E-state index in [4.69, 9.17) is 11.6 Å². The van der Waals surface area contributed by atoms with Crippen molar-refractivity contribution >= 4 is 28.3 Å². The van der Waals surface area contributed by atoms with E-state index in [9.17, 15) is 9.59 Å². The molecule has 0 radical (unpaired) electrons. The molecule has 21 heavy (non-hydrogen) atoms. The van der Waals surface area contributed by atoms with Gasteiger partial charge in [-0.25, -0.2) is 0 Å². The maximum atomic E-state index is 12.3. The van der Waals surface area contributed by atoms with Gasteiger partial charge >= 0.3 is 0 Å². The van der Waals surface area contributed by atoms with Gasteiger partial charge in [-0.05, 0) is 41.8 Å². The van der Waals surface area contributed by atoms with Crippen molar-refractivity contribution in [3.8, 4) is 0 Å². The fraction of sp³-hybridized carbons (Fsp3) is 0.0588. The molecular formula is C17H12ClNO2. The predicted octanol–water partition coefficient (Wildman–Crippen LogP) is 3.54. The van der Waals surface area contributed by atoms with Gasteiger partial charge in [-0.15, -0.1) is 0 Å². The minimum Gasteiger partial charge on any atom is -0.300 e. The molecular weight excluding hydrogens is 286 g/mol. The number of halogens is 1. The summed E-state index contributed by atoms with van der Waals surface area (Å²) in [5.41, 5.74) is 1.11. The number of rotatable bonds is 3. The molecule has 0 saturated heterocycles. The molecule has 3 aromatic rings. The van der Waals surface area contributed by atoms with Gasteiger partial charge in [0, 0.05) is 16.7 Å². The molecule has 0 fully saturated rings. The van der Waals surface area contributed by atoms with E-state index in [0.717, 1.165) is 10.9 Å². The van der Waals surface area contributed by atoms with Crippen LogP contribution < -0.4 is 5.56 Å². The molecule has 0 unspecified atom stereocenters. The summed E-state index contributed by atoms with van der Waals surface area (Å²) in [4.78, 5) is 24.4. The molecule has 0 atom stereocenters. The highest BCUT2D eigenvalue weighted by molar-refractivity contribution is 6.30. The fourth-order valence-corrected chi connectivity index (χ4v) is 2.40. The van der Waals surface area contributed by atoms with Crippen LogP contribution in [-0.4, -0.2) is 10.4 Å². The molecule has 2 aromatic carbocycles. The van der Waals surface area contributed by atoms with Gasteiger partial charge in [0.15, 0.2) is 5.78 Å². The van der Waals surface area contributed by atoms with Crippen molar-refractivity contribution in [3.05, 3.63) is 81.6 Å². The zero-order valence-corrected chi connectivity index (χ0v) is 11.9. The first-order valence-electron chi connectivity index (χ1n) is 6.52. The average molecular weight is 298 g/mol. The first-order valence-corrected chi connectivity index (χ1v) is 6.90. The SMILES string of the molecule is O=C(Cn1c(=O)ccc2ccccc21)c1ccc(Cl)cc1. The van der Waals surface area contributed by atoms with Crippen molar-refractivity contribution in [3.63, 3.8) is 0 Å². The van der Waals surface area contributed by atoms with Gasteiger partial charge in [0.2, 0.25) is 0 Å². The largest absolute Gasteiger partial charge is 0.300 e. The molecule has 1 heterocycles. The fourth-order valence-electron chi connectivity index (χ4n) is 2.28. The molecule has 4 heteroatoms. The Kier molecular flexibility index (Phi) is 3.59. The molecule has 0 amide bonds. The maximum Gasteiger partial charge on any atom is 0.251 e. The van der Waals surface area contributed by atoms with Crippen LogP contribution in [0.25, 0.3) is 10.9 Å². The highest BCUT2D eigenvalue weighted by Gasteiger charge is 2.10. The van der Waals surface area contributed by atoms with Crippen LogP contribution in [-0.2, 0) is 6.54 Å². The van der Waals surface area contributed by atoms with Gasteiger partial charge in [0.25, 0.3) is 5.56 Å². The Balaban J connectivity index is 2.01. The number of hydrogen-bond donors (Lipinski definition) is 0. The van der Waals surface area contributed by atoms with Crippen LogP contribution in [0, 0.1) is 0 Å². The average Bonchev–Trinajstić information content (AvgIpc) is 2.51. The van der Waals surface area contributed by atoms with Crippen molar-refractivity contribution in [2.24, 2.45) is 0 Å². The summed E-state index contributed by atoms with van der Waals surface area (Å²) in [6.45, 7) is 0.0157. The zero-order valence-electron chi connectivity index (χ0n) is 11.1. The van der Waals surface area contributed by atoms with Gasteiger partial charge in [-0.3, -0.25) is 9.59 Å². The minimum atomic E-state index is -0.184. The van der Waals surface area contributed by atoms with Crippen molar-refractivity contribution in [2.45, 2.75) is 6.54 Å². The van der Waals surface area contributed by atoms with E-state index in [2.05, 4.69) is 0 Å². The van der Waals surface area contributed by atoms with Gasteiger partial charge < -0.3 is 4.57 Å². The van der Waals surface area contributed by atoms with Crippen molar-refractivity contribution in [2.75, 3.05) is 0 Å². The lowest BCUT2D eigenvalue weighted by Gasteiger charge is -2.09. The Hall–Kier alpha value is -2.39. The summed E-state index contributed by atoms with van der Waals surface area (Å²) in [5.74, 6) is -0.120. The van der Waals surface area contributed by atoms with E-state index in [1.807, 2.05) is 24.3 Å². The number of hydrogen-bond acceptors (Lipinski definition) is 2. The Morgan fingerprint density at radius 3 is 2.43 bits per heavy atom. The first-order chi connectivity index (χ1) is 10.1. The molecule has 0 aliphatic heterocycles. The van der Waals surface area contributed by atoms with E-state index >= 15 is 0 Å². The van der Waals surface area contributed by atoms with Crippen molar-refractivity contribution in [1.29, 1.82) is 0 Å². The van der Waals surface area contributed by atoms with Gasteiger partial charge in [-0.1, -0.05) is 29.8 Å². The standard InChI is InChI=1S/C17H12ClNO2/c18-14-8-5-13(6-9-14)16(20)11-19-15-4-2-1-3-12(15)7-10-17(19)21/h1-10H,11H2. The van der Waals surface area contributed by atoms with Crippen LogP contribution in [0.3, 0.4) is 0 Å². The predicted molar refractivity (Wildman–Crippen MR) is 84.0 cm³/mol. The summed E-state index contributed by atoms with van der Waals surface area (Å²) in [6, 6.07) is 17.4. The van der Waals surface area contributed by atoms with Crippen LogP contribution in [0.15, 0.2) is 65.5 Å². The van der Waals surface area contributed by atoms with E-state index in [-0.39, 0.29) is 17.9 Å². The molecule has 0 aliphatic rings. The number of benzene rings is 2. The van der Waals surface area contributed by atoms with Gasteiger partial charge in [0.1, 0.15) is 0 Å². The molecule has 0 saturated carbocycles. The summed E-state index contributed by atoms with van der Waals surface area (Å²) in [5, 5.41) is 1.51. The van der Waals surface area contributed by atoms with Crippen LogP contribution >= 0.6 is 11.6 Å². The number of para-hydroxylation sites is 1. The topological polar surface area (TPSA) is 39.1 Å². The summed E-state index contributed by atoms with van der Waals surface area (Å²) in [6.07, 6.45) is 0. The lowest BCUT2D eigenvalue weighted by atomic mass is 10.1. The second-order valence-corrected chi connectivity index (χ2v) is 5.18. The van der Waals surface area contributed by atoms with Gasteiger partial charge in [0.05, 0.1) is 12.1 Å². The third-order valence-corrected chi connectivity index (χ3v) is 3.62. The Morgan fingerprint density at radius 1 is 0.952 bits per heavy atom. The number of aromatic nitrogens is 1. The molecule has 1 aromatic heterocycles. The number of fused-ring (bicyclic) bond motifs is 1. The molecule has 0 spiro atoms. The van der Waals surface area contributed by atoms with Gasteiger partial charge in [-0.2, -0.15) is 0 Å². The number of Topliss-reactive ketones (excluding diaryl/α,β-unsaturated/α-hetero) is 1. The van der Waals surface area contributed by atoms with Crippen molar-refractivity contribution < 1.29 is 4.79 Å². The molecule has 0 N–H and O–H groups in total. The summed E-state index contributed by atoms with van der Waals surface area (Å²) >= 11 is 5.81. The van der Waals surface area contributed by atoms with E-state index in [1.54, 1.807) is 30.3 Å². The van der Waals surface area contributed by atoms with E-state index in [1.165, 1.54) is 10.6 Å². The van der Waals surface area contributed by atoms with Crippen LogP contribution in [0.4, 0.5) is 0 Å². The van der Waals surface area contributed by atoms with Crippen molar-refractivity contribution in [1.82, 2.24) is 4.57 Å². The zero-order chi connectivity index (χ0) is 14.8.